The molecule has 3 unspecified atom stereocenters. The third-order valence-electron chi connectivity index (χ3n) is 6.19. The lowest BCUT2D eigenvalue weighted by Crippen LogP contribution is -2.24. The fourth-order valence-corrected chi connectivity index (χ4v) is 5.78. The molecule has 0 fully saturated rings. The second kappa shape index (κ2) is 12.9. The van der Waals surface area contributed by atoms with Gasteiger partial charge in [0.1, 0.15) is 5.82 Å². The molecule has 1 N–H and O–H groups in total. The Balaban J connectivity index is 2.44. The van der Waals surface area contributed by atoms with Gasteiger partial charge in [-0.3, -0.25) is 14.3 Å². The number of rotatable bonds is 11. The lowest BCUT2D eigenvalue weighted by Gasteiger charge is -2.30. The molecule has 0 aliphatic heterocycles. The second-order valence-electron chi connectivity index (χ2n) is 8.92. The quantitative estimate of drug-likeness (QED) is 0.168. The highest BCUT2D eigenvalue weighted by molar-refractivity contribution is 7.39. The van der Waals surface area contributed by atoms with Crippen molar-refractivity contribution >= 4 is 14.0 Å². The molecule has 3 rings (SSSR count). The molecule has 0 radical (unpaired) electrons. The van der Waals surface area contributed by atoms with E-state index in [9.17, 15) is 18.9 Å². The third-order valence-corrected chi connectivity index (χ3v) is 7.77. The van der Waals surface area contributed by atoms with Crippen molar-refractivity contribution in [2.45, 2.75) is 51.3 Å². The first kappa shape index (κ1) is 28.5. The Morgan fingerprint density at radius 3 is 2.32 bits per heavy atom. The SMILES string of the molecule is C=COC(=O)CC(O)C(c1c(C(C)C)nc(-c2ccccc2)c(CC)c1-c1ccc(F)cc1)[PH](=O)OC. The van der Waals surface area contributed by atoms with Crippen LogP contribution >= 0.6 is 8.03 Å². The van der Waals surface area contributed by atoms with Crippen LogP contribution in [0.25, 0.3) is 22.4 Å². The van der Waals surface area contributed by atoms with Gasteiger partial charge in [-0.25, -0.2) is 4.39 Å². The number of hydrogen-bond acceptors (Lipinski definition) is 6. The third kappa shape index (κ3) is 6.42. The second-order valence-corrected chi connectivity index (χ2v) is 10.6. The molecule has 1 aromatic heterocycles. The molecule has 0 saturated carbocycles. The zero-order chi connectivity index (χ0) is 27.1. The number of aliphatic hydroxyl groups is 1. The van der Waals surface area contributed by atoms with Crippen LogP contribution in [-0.4, -0.2) is 29.3 Å². The first-order valence-electron chi connectivity index (χ1n) is 12.2. The van der Waals surface area contributed by atoms with Gasteiger partial charge < -0.3 is 14.4 Å². The molecule has 8 heteroatoms. The number of nitrogens with zero attached hydrogens (tertiary/aromatic N) is 1. The Morgan fingerprint density at radius 1 is 1.14 bits per heavy atom. The maximum absolute atomic E-state index is 13.9. The highest BCUT2D eigenvalue weighted by Gasteiger charge is 2.36. The summed E-state index contributed by atoms with van der Waals surface area (Å²) in [6, 6.07) is 15.8. The van der Waals surface area contributed by atoms with E-state index in [4.69, 9.17) is 14.2 Å². The van der Waals surface area contributed by atoms with E-state index < -0.39 is 32.2 Å². The van der Waals surface area contributed by atoms with Crippen molar-refractivity contribution in [2.24, 2.45) is 0 Å². The molecule has 0 aliphatic carbocycles. The molecule has 196 valence electrons. The molecule has 0 bridgehead atoms. The number of benzene rings is 2. The van der Waals surface area contributed by atoms with E-state index >= 15 is 0 Å². The topological polar surface area (TPSA) is 85.7 Å². The largest absolute Gasteiger partial charge is 0.435 e. The molecule has 0 amide bonds. The van der Waals surface area contributed by atoms with E-state index in [1.165, 1.54) is 19.2 Å². The lowest BCUT2D eigenvalue weighted by molar-refractivity contribution is -0.140. The maximum Gasteiger partial charge on any atom is 0.313 e. The summed E-state index contributed by atoms with van der Waals surface area (Å²) in [6.45, 7) is 9.28. The summed E-state index contributed by atoms with van der Waals surface area (Å²) in [5.74, 6) is -1.24. The molecule has 0 aliphatic rings. The van der Waals surface area contributed by atoms with Gasteiger partial charge in [0, 0.05) is 18.4 Å². The normalized spacial score (nSPS) is 13.7. The zero-order valence-corrected chi connectivity index (χ0v) is 22.5. The monoisotopic (exact) mass is 525 g/mol. The van der Waals surface area contributed by atoms with Crippen LogP contribution in [0.3, 0.4) is 0 Å². The molecule has 1 heterocycles. The maximum atomic E-state index is 13.9. The average Bonchev–Trinajstić information content (AvgIpc) is 2.89. The summed E-state index contributed by atoms with van der Waals surface area (Å²) in [5.41, 5.74) is 3.99. The minimum Gasteiger partial charge on any atom is -0.435 e. The highest BCUT2D eigenvalue weighted by atomic mass is 31.1. The fraction of sp³-hybridized carbons (Fsp3) is 0.310. The average molecular weight is 526 g/mol. The van der Waals surface area contributed by atoms with Crippen LogP contribution in [-0.2, 0) is 25.0 Å². The van der Waals surface area contributed by atoms with E-state index in [-0.39, 0.29) is 11.7 Å². The summed E-state index contributed by atoms with van der Waals surface area (Å²) in [6.07, 6.45) is -0.258. The number of aromatic nitrogens is 1. The van der Waals surface area contributed by atoms with Crippen molar-refractivity contribution < 1.29 is 28.1 Å². The fourth-order valence-electron chi connectivity index (χ4n) is 4.56. The number of halogens is 1. The lowest BCUT2D eigenvalue weighted by atomic mass is 9.84. The minimum atomic E-state index is -2.92. The molecule has 3 aromatic rings. The molecule has 3 atom stereocenters. The number of carbonyl (C=O) groups is 1. The Hall–Kier alpha value is -3.12. The summed E-state index contributed by atoms with van der Waals surface area (Å²) < 4.78 is 37.5. The van der Waals surface area contributed by atoms with Gasteiger partial charge in [-0.05, 0) is 46.7 Å². The van der Waals surface area contributed by atoms with Crippen molar-refractivity contribution in [1.82, 2.24) is 4.98 Å². The summed E-state index contributed by atoms with van der Waals surface area (Å²) >= 11 is 0. The van der Waals surface area contributed by atoms with Crippen molar-refractivity contribution in [3.8, 4) is 22.4 Å². The predicted molar refractivity (Wildman–Crippen MR) is 144 cm³/mol. The van der Waals surface area contributed by atoms with Crippen LogP contribution in [0.2, 0.25) is 0 Å². The number of aliphatic hydroxyl groups excluding tert-OH is 1. The highest BCUT2D eigenvalue weighted by Crippen LogP contribution is 2.52. The van der Waals surface area contributed by atoms with Crippen molar-refractivity contribution in [3.63, 3.8) is 0 Å². The van der Waals surface area contributed by atoms with Gasteiger partial charge in [-0.2, -0.15) is 0 Å². The summed E-state index contributed by atoms with van der Waals surface area (Å²) in [7, 11) is -1.61. The number of ether oxygens (including phenoxy) is 1. The molecule has 6 nitrogen and oxygen atoms in total. The Labute approximate surface area is 218 Å². The smallest absolute Gasteiger partial charge is 0.313 e. The van der Waals surface area contributed by atoms with E-state index in [1.807, 2.05) is 51.1 Å². The van der Waals surface area contributed by atoms with Gasteiger partial charge in [0.2, 0.25) is 8.03 Å². The molecule has 37 heavy (non-hydrogen) atoms. The standard InChI is InChI=1S/C29H33FNO5P/c1-6-22-25(19-13-15-21(30)16-14-19)26(29(37(34)35-5)23(32)17-24(33)36-7-2)27(18(3)4)31-28(22)20-11-9-8-10-12-20/h7-16,18,23,29,32,37H,2,6,17H2,1,3-5H3. The van der Waals surface area contributed by atoms with E-state index in [2.05, 4.69) is 6.58 Å². The molecule has 2 aromatic carbocycles. The number of esters is 1. The van der Waals surface area contributed by atoms with E-state index in [0.29, 0.717) is 28.8 Å². The Morgan fingerprint density at radius 2 is 1.78 bits per heavy atom. The molecule has 0 spiro atoms. The first-order valence-corrected chi connectivity index (χ1v) is 13.6. The van der Waals surface area contributed by atoms with Gasteiger partial charge in [-0.1, -0.05) is 69.8 Å². The van der Waals surface area contributed by atoms with Gasteiger partial charge >= 0.3 is 5.97 Å². The van der Waals surface area contributed by atoms with Crippen LogP contribution in [0.4, 0.5) is 4.39 Å². The van der Waals surface area contributed by atoms with Crippen molar-refractivity contribution in [2.75, 3.05) is 7.11 Å². The van der Waals surface area contributed by atoms with Crippen molar-refractivity contribution in [3.05, 3.63) is 90.1 Å². The van der Waals surface area contributed by atoms with Crippen LogP contribution in [0, 0.1) is 5.82 Å². The summed E-state index contributed by atoms with van der Waals surface area (Å²) in [4.78, 5) is 17.3. The predicted octanol–water partition coefficient (Wildman–Crippen LogP) is 6.84. The number of pyridine rings is 1. The first-order chi connectivity index (χ1) is 17.7. The molecule has 0 saturated heterocycles. The van der Waals surface area contributed by atoms with Crippen LogP contribution < -0.4 is 0 Å². The van der Waals surface area contributed by atoms with Gasteiger partial charge in [0.25, 0.3) is 0 Å². The van der Waals surface area contributed by atoms with Crippen LogP contribution in [0.5, 0.6) is 0 Å². The Bertz CT molecular complexity index is 1260. The number of hydrogen-bond donors (Lipinski definition) is 1. The summed E-state index contributed by atoms with van der Waals surface area (Å²) in [5, 5.41) is 11.3. The van der Waals surface area contributed by atoms with Crippen LogP contribution in [0.15, 0.2) is 67.4 Å². The zero-order valence-electron chi connectivity index (χ0n) is 21.5. The minimum absolute atomic E-state index is 0.135. The van der Waals surface area contributed by atoms with E-state index in [1.54, 1.807) is 12.1 Å². The molecular weight excluding hydrogens is 492 g/mol. The van der Waals surface area contributed by atoms with E-state index in [0.717, 1.165) is 23.1 Å². The molecular formula is C29H33FNO5P. The van der Waals surface area contributed by atoms with Crippen molar-refractivity contribution in [1.29, 1.82) is 0 Å². The Kier molecular flexibility index (Phi) is 9.93. The van der Waals surface area contributed by atoms with Crippen LogP contribution in [0.1, 0.15) is 55.6 Å². The van der Waals surface area contributed by atoms with Gasteiger partial charge in [0.15, 0.2) is 0 Å². The number of carbonyl (C=O) groups excluding carboxylic acids is 1. The van der Waals surface area contributed by atoms with Gasteiger partial charge in [-0.15, -0.1) is 0 Å². The van der Waals surface area contributed by atoms with Gasteiger partial charge in [0.05, 0.1) is 30.1 Å².